The van der Waals surface area contributed by atoms with Crippen molar-refractivity contribution < 1.29 is 9.53 Å². The molecule has 16 heavy (non-hydrogen) atoms. The van der Waals surface area contributed by atoms with Gasteiger partial charge in [-0.1, -0.05) is 36.4 Å². The molecule has 2 heteroatoms. The van der Waals surface area contributed by atoms with Crippen molar-refractivity contribution in [1.29, 1.82) is 0 Å². The van der Waals surface area contributed by atoms with Gasteiger partial charge in [0.2, 0.25) is 0 Å². The molecule has 2 nitrogen and oxygen atoms in total. The Labute approximate surface area is 94.8 Å². The number of benzene rings is 2. The summed E-state index contributed by atoms with van der Waals surface area (Å²) in [5.74, 6) is 0.132. The van der Waals surface area contributed by atoms with Crippen molar-refractivity contribution in [2.45, 2.75) is 6.42 Å². The van der Waals surface area contributed by atoms with E-state index < -0.39 is 0 Å². The van der Waals surface area contributed by atoms with E-state index in [0.29, 0.717) is 13.0 Å². The summed E-state index contributed by atoms with van der Waals surface area (Å²) in [7, 11) is 1.60. The Morgan fingerprint density at radius 1 is 1.12 bits per heavy atom. The Hall–Kier alpha value is -1.67. The molecule has 0 aromatic heterocycles. The van der Waals surface area contributed by atoms with E-state index in [4.69, 9.17) is 4.74 Å². The van der Waals surface area contributed by atoms with E-state index in [2.05, 4.69) is 0 Å². The average molecular weight is 214 g/mol. The highest BCUT2D eigenvalue weighted by molar-refractivity contribution is 5.99. The molecule has 0 amide bonds. The first-order chi connectivity index (χ1) is 7.81. The molecule has 2 aromatic carbocycles. The fourth-order valence-corrected chi connectivity index (χ4v) is 1.70. The molecule has 2 aromatic rings. The minimum absolute atomic E-state index is 0.132. The van der Waals surface area contributed by atoms with Gasteiger partial charge < -0.3 is 4.74 Å². The summed E-state index contributed by atoms with van der Waals surface area (Å²) in [5.41, 5.74) is 0.760. The summed E-state index contributed by atoms with van der Waals surface area (Å²) < 4.78 is 4.90. The van der Waals surface area contributed by atoms with Crippen LogP contribution in [0, 0.1) is 0 Å². The highest BCUT2D eigenvalue weighted by atomic mass is 16.5. The van der Waals surface area contributed by atoms with Crippen molar-refractivity contribution in [2.24, 2.45) is 0 Å². The maximum absolute atomic E-state index is 11.8. The molecule has 82 valence electrons. The van der Waals surface area contributed by atoms with Gasteiger partial charge in [-0.2, -0.15) is 0 Å². The van der Waals surface area contributed by atoms with Gasteiger partial charge in [0, 0.05) is 19.1 Å². The molecule has 0 heterocycles. The second-order valence-corrected chi connectivity index (χ2v) is 3.73. The zero-order valence-corrected chi connectivity index (χ0v) is 9.27. The van der Waals surface area contributed by atoms with Crippen LogP contribution in [0.5, 0.6) is 0 Å². The van der Waals surface area contributed by atoms with Crippen LogP contribution in [0.3, 0.4) is 0 Å². The smallest absolute Gasteiger partial charge is 0.165 e. The number of hydrogen-bond acceptors (Lipinski definition) is 2. The molecule has 0 atom stereocenters. The third-order valence-corrected chi connectivity index (χ3v) is 2.60. The van der Waals surface area contributed by atoms with E-state index in [1.807, 2.05) is 42.5 Å². The lowest BCUT2D eigenvalue weighted by Crippen LogP contribution is -2.02. The average Bonchev–Trinajstić information content (AvgIpc) is 2.35. The van der Waals surface area contributed by atoms with Crippen molar-refractivity contribution in [3.05, 3.63) is 48.0 Å². The van der Waals surface area contributed by atoms with E-state index >= 15 is 0 Å². The predicted molar refractivity (Wildman–Crippen MR) is 64.8 cm³/mol. The molecule has 0 bridgehead atoms. The molecular formula is C14H14O2. The van der Waals surface area contributed by atoms with Gasteiger partial charge in [0.25, 0.3) is 0 Å². The zero-order valence-electron chi connectivity index (χ0n) is 9.27. The summed E-state index contributed by atoms with van der Waals surface area (Å²) in [6, 6.07) is 13.8. The summed E-state index contributed by atoms with van der Waals surface area (Å²) in [4.78, 5) is 11.8. The van der Waals surface area contributed by atoms with Gasteiger partial charge >= 0.3 is 0 Å². The molecular weight excluding hydrogens is 200 g/mol. The number of ether oxygens (including phenoxy) is 1. The Balaban J connectivity index is 2.28. The summed E-state index contributed by atoms with van der Waals surface area (Å²) in [5, 5.41) is 2.26. The summed E-state index contributed by atoms with van der Waals surface area (Å²) >= 11 is 0. The monoisotopic (exact) mass is 214 g/mol. The Kier molecular flexibility index (Phi) is 3.32. The molecule has 0 saturated carbocycles. The molecule has 0 aliphatic rings. The molecule has 2 rings (SSSR count). The standard InChI is InChI=1S/C14H14O2/c1-16-9-8-14(15)13-7-6-11-4-2-3-5-12(11)10-13/h2-7,10H,8-9H2,1H3. The van der Waals surface area contributed by atoms with Crippen molar-refractivity contribution in [2.75, 3.05) is 13.7 Å². The summed E-state index contributed by atoms with van der Waals surface area (Å²) in [6.45, 7) is 0.478. The number of methoxy groups -OCH3 is 1. The molecule has 0 spiro atoms. The fourth-order valence-electron chi connectivity index (χ4n) is 1.70. The first kappa shape index (κ1) is 10.8. The lowest BCUT2D eigenvalue weighted by molar-refractivity contribution is 0.0932. The third kappa shape index (κ3) is 2.28. The number of ketones is 1. The number of hydrogen-bond donors (Lipinski definition) is 0. The van der Waals surface area contributed by atoms with Crippen molar-refractivity contribution >= 4 is 16.6 Å². The van der Waals surface area contributed by atoms with Crippen LogP contribution in [0.4, 0.5) is 0 Å². The predicted octanol–water partition coefficient (Wildman–Crippen LogP) is 3.06. The van der Waals surface area contributed by atoms with Crippen molar-refractivity contribution in [3.8, 4) is 0 Å². The van der Waals surface area contributed by atoms with Gasteiger partial charge in [-0.25, -0.2) is 0 Å². The topological polar surface area (TPSA) is 26.3 Å². The SMILES string of the molecule is COCCC(=O)c1ccc2ccccc2c1. The molecule has 0 fully saturated rings. The highest BCUT2D eigenvalue weighted by Gasteiger charge is 2.05. The molecule has 0 aliphatic carbocycles. The van der Waals surface area contributed by atoms with E-state index in [1.54, 1.807) is 7.11 Å². The number of fused-ring (bicyclic) bond motifs is 1. The fraction of sp³-hybridized carbons (Fsp3) is 0.214. The Bertz CT molecular complexity index is 503. The molecule has 0 radical (unpaired) electrons. The zero-order chi connectivity index (χ0) is 11.4. The third-order valence-electron chi connectivity index (χ3n) is 2.60. The van der Waals surface area contributed by atoms with Gasteiger partial charge in [-0.15, -0.1) is 0 Å². The first-order valence-electron chi connectivity index (χ1n) is 5.32. The van der Waals surface area contributed by atoms with Crippen LogP contribution in [0.1, 0.15) is 16.8 Å². The Morgan fingerprint density at radius 2 is 1.88 bits per heavy atom. The molecule has 0 aliphatic heterocycles. The van der Waals surface area contributed by atoms with Crippen molar-refractivity contribution in [3.63, 3.8) is 0 Å². The van der Waals surface area contributed by atoms with E-state index in [0.717, 1.165) is 16.3 Å². The second kappa shape index (κ2) is 4.90. The molecule has 0 N–H and O–H groups in total. The normalized spacial score (nSPS) is 10.6. The minimum Gasteiger partial charge on any atom is -0.384 e. The van der Waals surface area contributed by atoms with Gasteiger partial charge in [0.15, 0.2) is 5.78 Å². The minimum atomic E-state index is 0.132. The van der Waals surface area contributed by atoms with Crippen LogP contribution in [0.2, 0.25) is 0 Å². The van der Waals surface area contributed by atoms with Crippen LogP contribution in [-0.2, 0) is 4.74 Å². The van der Waals surface area contributed by atoms with Gasteiger partial charge in [0.1, 0.15) is 0 Å². The summed E-state index contributed by atoms with van der Waals surface area (Å²) in [6.07, 6.45) is 0.439. The maximum atomic E-state index is 11.8. The van der Waals surface area contributed by atoms with Crippen LogP contribution < -0.4 is 0 Å². The second-order valence-electron chi connectivity index (χ2n) is 3.73. The van der Waals surface area contributed by atoms with E-state index in [-0.39, 0.29) is 5.78 Å². The largest absolute Gasteiger partial charge is 0.384 e. The van der Waals surface area contributed by atoms with Crippen molar-refractivity contribution in [1.82, 2.24) is 0 Å². The lowest BCUT2D eigenvalue weighted by atomic mass is 10.0. The van der Waals surface area contributed by atoms with Crippen LogP contribution in [0.15, 0.2) is 42.5 Å². The molecule has 0 saturated heterocycles. The molecule has 0 unspecified atom stereocenters. The number of Topliss-reactive ketones (excluding diaryl/α,β-unsaturated/α-hetero) is 1. The highest BCUT2D eigenvalue weighted by Crippen LogP contribution is 2.16. The Morgan fingerprint density at radius 3 is 2.62 bits per heavy atom. The number of carbonyl (C=O) groups excluding carboxylic acids is 1. The number of rotatable bonds is 4. The quantitative estimate of drug-likeness (QED) is 0.731. The van der Waals surface area contributed by atoms with Gasteiger partial charge in [-0.3, -0.25) is 4.79 Å². The van der Waals surface area contributed by atoms with Crippen LogP contribution in [-0.4, -0.2) is 19.5 Å². The lowest BCUT2D eigenvalue weighted by Gasteiger charge is -2.02. The van der Waals surface area contributed by atoms with Crippen LogP contribution in [0.25, 0.3) is 10.8 Å². The van der Waals surface area contributed by atoms with E-state index in [9.17, 15) is 4.79 Å². The maximum Gasteiger partial charge on any atom is 0.165 e. The van der Waals surface area contributed by atoms with Gasteiger partial charge in [-0.05, 0) is 16.8 Å². The van der Waals surface area contributed by atoms with Crippen LogP contribution >= 0.6 is 0 Å². The first-order valence-corrected chi connectivity index (χ1v) is 5.32. The van der Waals surface area contributed by atoms with E-state index in [1.165, 1.54) is 0 Å². The number of carbonyl (C=O) groups is 1. The van der Waals surface area contributed by atoms with Gasteiger partial charge in [0.05, 0.1) is 6.61 Å².